The number of anilines is 1. The van der Waals surface area contributed by atoms with Crippen molar-refractivity contribution >= 4 is 34.5 Å². The summed E-state index contributed by atoms with van der Waals surface area (Å²) in [7, 11) is 1.39. The summed E-state index contributed by atoms with van der Waals surface area (Å²) in [5.74, 6) is -0.213. The smallest absolute Gasteiger partial charge is 0.306 e. The number of H-pyrrole nitrogens is 1. The van der Waals surface area contributed by atoms with E-state index in [2.05, 4.69) is 14.7 Å². The maximum atomic E-state index is 11.1. The Labute approximate surface area is 109 Å². The van der Waals surface area contributed by atoms with E-state index in [4.69, 9.17) is 5.73 Å². The molecule has 0 aliphatic heterocycles. The molecule has 0 saturated carbocycles. The zero-order valence-electron chi connectivity index (χ0n) is 10.3. The number of thioether (sulfide) groups is 1. The molecule has 0 radical (unpaired) electrons. The number of methoxy groups -OCH3 is 1. The number of nitrogen functional groups attached to an aromatic ring is 1. The Kier molecular flexibility index (Phi) is 3.76. The van der Waals surface area contributed by atoms with Crippen molar-refractivity contribution in [1.29, 1.82) is 0 Å². The maximum absolute atomic E-state index is 11.1. The lowest BCUT2D eigenvalue weighted by Crippen LogP contribution is -2.08. The number of benzene rings is 1. The van der Waals surface area contributed by atoms with E-state index >= 15 is 0 Å². The van der Waals surface area contributed by atoms with Crippen LogP contribution < -0.4 is 5.73 Å². The van der Waals surface area contributed by atoms with Crippen molar-refractivity contribution in [2.45, 2.75) is 23.8 Å². The van der Waals surface area contributed by atoms with Crippen LogP contribution in [-0.4, -0.2) is 28.3 Å². The molecule has 0 amide bonds. The first-order valence-electron chi connectivity index (χ1n) is 5.57. The number of rotatable bonds is 4. The van der Waals surface area contributed by atoms with Gasteiger partial charge in [0.2, 0.25) is 0 Å². The number of fused-ring (bicyclic) bond motifs is 1. The normalized spacial score (nSPS) is 12.6. The number of ether oxygens (including phenoxy) is 1. The molecular formula is C12H15N3O2S. The molecule has 1 heterocycles. The first-order chi connectivity index (χ1) is 8.58. The van der Waals surface area contributed by atoms with Crippen LogP contribution >= 0.6 is 11.8 Å². The summed E-state index contributed by atoms with van der Waals surface area (Å²) < 4.78 is 4.63. The lowest BCUT2D eigenvalue weighted by atomic mass is 10.3. The highest BCUT2D eigenvalue weighted by molar-refractivity contribution is 7.99. The lowest BCUT2D eigenvalue weighted by molar-refractivity contribution is -0.140. The van der Waals surface area contributed by atoms with Gasteiger partial charge in [-0.2, -0.15) is 0 Å². The minimum Gasteiger partial charge on any atom is -0.469 e. The molecule has 2 rings (SSSR count). The second kappa shape index (κ2) is 5.30. The van der Waals surface area contributed by atoms with Crippen molar-refractivity contribution in [2.24, 2.45) is 0 Å². The van der Waals surface area contributed by atoms with Crippen LogP contribution in [0.2, 0.25) is 0 Å². The highest BCUT2D eigenvalue weighted by Gasteiger charge is 2.13. The summed E-state index contributed by atoms with van der Waals surface area (Å²) in [6.07, 6.45) is 0.361. The molecule has 5 nitrogen and oxygen atoms in total. The number of carbonyl (C=O) groups is 1. The standard InChI is InChI=1S/C12H15N3O2S/c1-7(5-11(16)17-2)18-12-14-9-4-3-8(13)6-10(9)15-12/h3-4,6-7H,5,13H2,1-2H3,(H,14,15). The van der Waals surface area contributed by atoms with Gasteiger partial charge in [0, 0.05) is 10.9 Å². The Balaban J connectivity index is 2.09. The average molecular weight is 265 g/mol. The Morgan fingerprint density at radius 2 is 2.39 bits per heavy atom. The van der Waals surface area contributed by atoms with E-state index in [9.17, 15) is 4.79 Å². The SMILES string of the molecule is COC(=O)CC(C)Sc1nc2ccc(N)cc2[nH]1. The Morgan fingerprint density at radius 3 is 3.11 bits per heavy atom. The molecule has 3 N–H and O–H groups in total. The first kappa shape index (κ1) is 12.8. The van der Waals surface area contributed by atoms with Gasteiger partial charge in [0.15, 0.2) is 5.16 Å². The highest BCUT2D eigenvalue weighted by atomic mass is 32.2. The predicted octanol–water partition coefficient (Wildman–Crippen LogP) is 2.19. The quantitative estimate of drug-likeness (QED) is 0.503. The summed E-state index contributed by atoms with van der Waals surface area (Å²) in [6.45, 7) is 1.96. The van der Waals surface area contributed by atoms with Gasteiger partial charge in [-0.05, 0) is 18.2 Å². The fourth-order valence-corrected chi connectivity index (χ4v) is 2.53. The van der Waals surface area contributed by atoms with Gasteiger partial charge in [0.25, 0.3) is 0 Å². The third-order valence-corrected chi connectivity index (χ3v) is 3.46. The van der Waals surface area contributed by atoms with Crippen molar-refractivity contribution in [2.75, 3.05) is 12.8 Å². The molecule has 1 unspecified atom stereocenters. The number of nitrogens with one attached hydrogen (secondary N) is 1. The fraction of sp³-hybridized carbons (Fsp3) is 0.333. The monoisotopic (exact) mass is 265 g/mol. The molecule has 0 bridgehead atoms. The molecule has 1 aromatic heterocycles. The molecule has 0 saturated heterocycles. The van der Waals surface area contributed by atoms with Crippen LogP contribution in [0.5, 0.6) is 0 Å². The van der Waals surface area contributed by atoms with Gasteiger partial charge in [0.05, 0.1) is 24.6 Å². The van der Waals surface area contributed by atoms with Gasteiger partial charge in [0.1, 0.15) is 0 Å². The van der Waals surface area contributed by atoms with E-state index in [1.807, 2.05) is 25.1 Å². The number of aromatic amines is 1. The van der Waals surface area contributed by atoms with E-state index in [0.29, 0.717) is 12.1 Å². The van der Waals surface area contributed by atoms with Gasteiger partial charge in [-0.25, -0.2) is 4.98 Å². The highest BCUT2D eigenvalue weighted by Crippen LogP contribution is 2.25. The topological polar surface area (TPSA) is 81.0 Å². The number of nitrogens with two attached hydrogens (primary N) is 1. The van der Waals surface area contributed by atoms with Crippen molar-refractivity contribution < 1.29 is 9.53 Å². The van der Waals surface area contributed by atoms with Gasteiger partial charge >= 0.3 is 5.97 Å². The minimum absolute atomic E-state index is 0.107. The minimum atomic E-state index is -0.213. The first-order valence-corrected chi connectivity index (χ1v) is 6.45. The third-order valence-electron chi connectivity index (χ3n) is 2.48. The third kappa shape index (κ3) is 2.95. The maximum Gasteiger partial charge on any atom is 0.306 e. The summed E-state index contributed by atoms with van der Waals surface area (Å²) in [4.78, 5) is 18.8. The molecule has 18 heavy (non-hydrogen) atoms. The number of aromatic nitrogens is 2. The largest absolute Gasteiger partial charge is 0.469 e. The zero-order chi connectivity index (χ0) is 13.1. The second-order valence-corrected chi connectivity index (χ2v) is 5.45. The Bertz CT molecular complexity index is 567. The van der Waals surface area contributed by atoms with Crippen molar-refractivity contribution in [3.8, 4) is 0 Å². The number of nitrogens with zero attached hydrogens (tertiary/aromatic N) is 1. The number of imidazole rings is 1. The van der Waals surface area contributed by atoms with Gasteiger partial charge in [-0.15, -0.1) is 0 Å². The van der Waals surface area contributed by atoms with Crippen LogP contribution in [0.3, 0.4) is 0 Å². The van der Waals surface area contributed by atoms with E-state index in [-0.39, 0.29) is 11.2 Å². The van der Waals surface area contributed by atoms with Crippen LogP contribution in [-0.2, 0) is 9.53 Å². The van der Waals surface area contributed by atoms with Gasteiger partial charge in [-0.3, -0.25) is 4.79 Å². The lowest BCUT2D eigenvalue weighted by Gasteiger charge is -2.06. The van der Waals surface area contributed by atoms with Crippen molar-refractivity contribution in [3.63, 3.8) is 0 Å². The van der Waals surface area contributed by atoms with Crippen molar-refractivity contribution in [1.82, 2.24) is 9.97 Å². The Morgan fingerprint density at radius 1 is 1.61 bits per heavy atom. The van der Waals surface area contributed by atoms with Crippen LogP contribution in [0, 0.1) is 0 Å². The summed E-state index contributed by atoms with van der Waals surface area (Å²) in [5.41, 5.74) is 8.18. The molecular weight excluding hydrogens is 250 g/mol. The predicted molar refractivity (Wildman–Crippen MR) is 72.5 cm³/mol. The molecule has 1 atom stereocenters. The van der Waals surface area contributed by atoms with E-state index in [1.54, 1.807) is 0 Å². The fourth-order valence-electron chi connectivity index (χ4n) is 1.61. The Hall–Kier alpha value is -1.69. The van der Waals surface area contributed by atoms with E-state index in [1.165, 1.54) is 18.9 Å². The van der Waals surface area contributed by atoms with Gasteiger partial charge in [-0.1, -0.05) is 18.7 Å². The molecule has 6 heteroatoms. The summed E-state index contributed by atoms with van der Waals surface area (Å²) in [5, 5.41) is 0.891. The number of esters is 1. The second-order valence-electron chi connectivity index (χ2n) is 4.03. The van der Waals surface area contributed by atoms with Crippen LogP contribution in [0.1, 0.15) is 13.3 Å². The van der Waals surface area contributed by atoms with Crippen molar-refractivity contribution in [3.05, 3.63) is 18.2 Å². The van der Waals surface area contributed by atoms with E-state index < -0.39 is 0 Å². The number of carbonyl (C=O) groups excluding carboxylic acids is 1. The molecule has 0 spiro atoms. The molecule has 96 valence electrons. The average Bonchev–Trinajstić information content (AvgIpc) is 2.69. The van der Waals surface area contributed by atoms with E-state index in [0.717, 1.165) is 16.2 Å². The molecule has 0 aliphatic carbocycles. The van der Waals surface area contributed by atoms with Gasteiger partial charge < -0.3 is 15.5 Å². The molecule has 1 aromatic carbocycles. The molecule has 0 fully saturated rings. The van der Waals surface area contributed by atoms with Crippen LogP contribution in [0.4, 0.5) is 5.69 Å². The summed E-state index contributed by atoms with van der Waals surface area (Å²) >= 11 is 1.51. The number of hydrogen-bond donors (Lipinski definition) is 2. The zero-order valence-corrected chi connectivity index (χ0v) is 11.1. The number of hydrogen-bond acceptors (Lipinski definition) is 5. The molecule has 2 aromatic rings. The van der Waals surface area contributed by atoms with Crippen LogP contribution in [0.25, 0.3) is 11.0 Å². The summed E-state index contributed by atoms with van der Waals surface area (Å²) in [6, 6.07) is 5.53. The molecule has 0 aliphatic rings. The van der Waals surface area contributed by atoms with Crippen LogP contribution in [0.15, 0.2) is 23.4 Å².